The topological polar surface area (TPSA) is 46.6 Å². The van der Waals surface area contributed by atoms with E-state index in [1.807, 2.05) is 18.2 Å². The van der Waals surface area contributed by atoms with Crippen molar-refractivity contribution in [2.45, 2.75) is 13.2 Å². The lowest BCUT2D eigenvalue weighted by Gasteiger charge is -2.13. The fraction of sp³-hybridized carbons (Fsp3) is 0.0833. The van der Waals surface area contributed by atoms with Crippen molar-refractivity contribution < 1.29 is 18.7 Å². The zero-order valence-electron chi connectivity index (χ0n) is 16.9. The molecule has 3 aromatic rings. The second kappa shape index (κ2) is 10.3. The summed E-state index contributed by atoms with van der Waals surface area (Å²) >= 11 is 16.3. The first-order chi connectivity index (χ1) is 15.8. The summed E-state index contributed by atoms with van der Waals surface area (Å²) in [5, 5.41) is 0.416. The van der Waals surface area contributed by atoms with E-state index in [0.29, 0.717) is 32.3 Å². The molecule has 33 heavy (non-hydrogen) atoms. The molecule has 0 aliphatic carbocycles. The Morgan fingerprint density at radius 2 is 1.79 bits per heavy atom. The molecule has 0 unspecified atom stereocenters. The number of benzene rings is 3. The van der Waals surface area contributed by atoms with Crippen molar-refractivity contribution in [2.24, 2.45) is 0 Å². The van der Waals surface area contributed by atoms with Crippen LogP contribution < -0.4 is 4.74 Å². The van der Waals surface area contributed by atoms with E-state index in [1.165, 1.54) is 12.1 Å². The zero-order valence-corrected chi connectivity index (χ0v) is 20.8. The predicted molar refractivity (Wildman–Crippen MR) is 133 cm³/mol. The van der Waals surface area contributed by atoms with E-state index in [9.17, 15) is 14.0 Å². The molecule has 0 spiro atoms. The summed E-state index contributed by atoms with van der Waals surface area (Å²) in [4.78, 5) is 26.6. The lowest BCUT2D eigenvalue weighted by molar-refractivity contribution is -0.123. The maximum absolute atomic E-state index is 13.3. The fourth-order valence-corrected chi connectivity index (χ4v) is 4.78. The zero-order chi connectivity index (χ0) is 23.5. The fourth-order valence-electron chi connectivity index (χ4n) is 3.07. The molecule has 1 aliphatic heterocycles. The van der Waals surface area contributed by atoms with Gasteiger partial charge in [0.1, 0.15) is 18.2 Å². The Balaban J connectivity index is 1.45. The van der Waals surface area contributed by atoms with Gasteiger partial charge in [0, 0.05) is 10.0 Å². The first-order valence-corrected chi connectivity index (χ1v) is 12.0. The van der Waals surface area contributed by atoms with Crippen molar-refractivity contribution >= 4 is 68.1 Å². The van der Waals surface area contributed by atoms with Gasteiger partial charge in [0.2, 0.25) is 0 Å². The van der Waals surface area contributed by atoms with E-state index in [-0.39, 0.29) is 11.6 Å². The van der Waals surface area contributed by atoms with Crippen LogP contribution >= 0.6 is 50.9 Å². The van der Waals surface area contributed by atoms with E-state index in [1.54, 1.807) is 30.3 Å². The van der Waals surface area contributed by atoms with Gasteiger partial charge < -0.3 is 4.74 Å². The number of nitrogens with zero attached hydrogens (tertiary/aromatic N) is 1. The Morgan fingerprint density at radius 1 is 1.03 bits per heavy atom. The van der Waals surface area contributed by atoms with Gasteiger partial charge in [-0.1, -0.05) is 47.5 Å². The average molecular weight is 567 g/mol. The first-order valence-electron chi connectivity index (χ1n) is 9.66. The van der Waals surface area contributed by atoms with E-state index >= 15 is 0 Å². The highest BCUT2D eigenvalue weighted by molar-refractivity contribution is 9.10. The molecule has 1 heterocycles. The van der Waals surface area contributed by atoms with Gasteiger partial charge in [-0.15, -0.1) is 0 Å². The van der Waals surface area contributed by atoms with Gasteiger partial charge >= 0.3 is 0 Å². The van der Waals surface area contributed by atoms with Crippen molar-refractivity contribution in [2.75, 3.05) is 0 Å². The second-order valence-electron chi connectivity index (χ2n) is 7.11. The van der Waals surface area contributed by atoms with Crippen LogP contribution in [0.2, 0.25) is 10.0 Å². The number of carbonyl (C=O) groups excluding carboxylic acids is 2. The van der Waals surface area contributed by atoms with Crippen LogP contribution in [0.5, 0.6) is 5.75 Å². The van der Waals surface area contributed by atoms with Crippen LogP contribution in [0.3, 0.4) is 0 Å². The highest BCUT2D eigenvalue weighted by atomic mass is 79.9. The van der Waals surface area contributed by atoms with Crippen molar-refractivity contribution in [1.82, 2.24) is 4.90 Å². The van der Waals surface area contributed by atoms with Crippen LogP contribution in [0.25, 0.3) is 6.08 Å². The van der Waals surface area contributed by atoms with Gasteiger partial charge in [0.15, 0.2) is 0 Å². The van der Waals surface area contributed by atoms with Crippen LogP contribution in [0.1, 0.15) is 16.7 Å². The van der Waals surface area contributed by atoms with Crippen LogP contribution in [0.4, 0.5) is 9.18 Å². The Kier molecular flexibility index (Phi) is 7.44. The molecular formula is C24H15BrCl2FNO3S. The molecule has 0 atom stereocenters. The summed E-state index contributed by atoms with van der Waals surface area (Å²) in [7, 11) is 0. The molecule has 3 aromatic carbocycles. The van der Waals surface area contributed by atoms with E-state index in [0.717, 1.165) is 33.9 Å². The Morgan fingerprint density at radius 3 is 2.48 bits per heavy atom. The Hall–Kier alpha value is -2.32. The molecule has 4 nitrogen and oxygen atoms in total. The van der Waals surface area contributed by atoms with Crippen LogP contribution in [0.15, 0.2) is 70.0 Å². The van der Waals surface area contributed by atoms with Crippen LogP contribution in [-0.2, 0) is 17.9 Å². The van der Waals surface area contributed by atoms with E-state index in [2.05, 4.69) is 15.9 Å². The van der Waals surface area contributed by atoms with Gasteiger partial charge in [-0.25, -0.2) is 4.39 Å². The van der Waals surface area contributed by atoms with Gasteiger partial charge in [-0.2, -0.15) is 0 Å². The molecule has 9 heteroatoms. The normalized spacial score (nSPS) is 14.9. The van der Waals surface area contributed by atoms with Crippen LogP contribution in [0, 0.1) is 5.82 Å². The smallest absolute Gasteiger partial charge is 0.293 e. The molecule has 168 valence electrons. The molecule has 4 rings (SSSR count). The SMILES string of the molecule is O=C1S/C(=C/c2ccc(OCc3ccc(Cl)cc3)c(Br)c2)C(=O)N1Cc1ccc(F)cc1Cl. The second-order valence-corrected chi connectivity index (χ2v) is 9.80. The van der Waals surface area contributed by atoms with Crippen molar-refractivity contribution in [3.05, 3.63) is 103 Å². The standard InChI is InChI=1S/C24H15BrCl2FNO3S/c25-19-9-15(3-8-21(19)32-13-14-1-5-17(26)6-2-14)10-22-23(30)29(24(31)33-22)12-16-4-7-18(28)11-20(16)27/h1-11H,12-13H2/b22-10+. The van der Waals surface area contributed by atoms with E-state index in [4.69, 9.17) is 27.9 Å². The predicted octanol–water partition coefficient (Wildman–Crippen LogP) is 7.71. The lowest BCUT2D eigenvalue weighted by Crippen LogP contribution is -2.27. The minimum Gasteiger partial charge on any atom is -0.488 e. The van der Waals surface area contributed by atoms with Gasteiger partial charge in [-0.3, -0.25) is 14.5 Å². The molecule has 1 saturated heterocycles. The number of amides is 2. The largest absolute Gasteiger partial charge is 0.488 e. The molecule has 0 N–H and O–H groups in total. The van der Waals surface area contributed by atoms with Gasteiger partial charge in [0.05, 0.1) is 15.9 Å². The molecule has 0 bridgehead atoms. The minimum absolute atomic E-state index is 0.0255. The summed E-state index contributed by atoms with van der Waals surface area (Å²) in [6.07, 6.45) is 1.64. The van der Waals surface area contributed by atoms with Crippen LogP contribution in [-0.4, -0.2) is 16.0 Å². The number of rotatable bonds is 6. The summed E-state index contributed by atoms with van der Waals surface area (Å²) in [6.45, 7) is 0.349. The monoisotopic (exact) mass is 565 g/mol. The number of carbonyl (C=O) groups is 2. The number of hydrogen-bond acceptors (Lipinski definition) is 4. The summed E-state index contributed by atoms with van der Waals surface area (Å²) in [5.41, 5.74) is 2.20. The first kappa shape index (κ1) is 23.8. The number of halogens is 4. The van der Waals surface area contributed by atoms with Gasteiger partial charge in [-0.05, 0) is 86.9 Å². The van der Waals surface area contributed by atoms with E-state index < -0.39 is 17.0 Å². The third-order valence-electron chi connectivity index (χ3n) is 4.78. The highest BCUT2D eigenvalue weighted by Crippen LogP contribution is 2.35. The molecule has 1 aliphatic rings. The number of hydrogen-bond donors (Lipinski definition) is 0. The highest BCUT2D eigenvalue weighted by Gasteiger charge is 2.35. The number of thioether (sulfide) groups is 1. The average Bonchev–Trinajstić information content (AvgIpc) is 3.03. The molecule has 0 saturated carbocycles. The molecule has 2 amide bonds. The summed E-state index contributed by atoms with van der Waals surface area (Å²) in [6, 6.07) is 16.6. The van der Waals surface area contributed by atoms with Crippen molar-refractivity contribution in [3.63, 3.8) is 0 Å². The number of imide groups is 1. The van der Waals surface area contributed by atoms with Crippen molar-refractivity contribution in [3.8, 4) is 5.75 Å². The molecule has 1 fully saturated rings. The minimum atomic E-state index is -0.482. The maximum Gasteiger partial charge on any atom is 0.293 e. The third-order valence-corrected chi connectivity index (χ3v) is 6.91. The lowest BCUT2D eigenvalue weighted by atomic mass is 10.2. The Bertz CT molecular complexity index is 1270. The summed E-state index contributed by atoms with van der Waals surface area (Å²) < 4.78 is 19.8. The van der Waals surface area contributed by atoms with Crippen molar-refractivity contribution in [1.29, 1.82) is 0 Å². The number of ether oxygens (including phenoxy) is 1. The Labute approximate surface area is 212 Å². The third kappa shape index (κ3) is 5.79. The molecular weight excluding hydrogens is 552 g/mol. The molecule has 0 aromatic heterocycles. The maximum atomic E-state index is 13.3. The molecule has 0 radical (unpaired) electrons. The quantitative estimate of drug-likeness (QED) is 0.287. The van der Waals surface area contributed by atoms with Gasteiger partial charge in [0.25, 0.3) is 11.1 Å². The summed E-state index contributed by atoms with van der Waals surface area (Å²) in [5.74, 6) is -0.269.